The summed E-state index contributed by atoms with van der Waals surface area (Å²) < 4.78 is 67.9. The Morgan fingerprint density at radius 2 is 1.58 bits per heavy atom. The molecule has 1 aliphatic rings. The number of hydrogen-bond acceptors (Lipinski definition) is 5. The Bertz CT molecular complexity index is 1280. The van der Waals surface area contributed by atoms with Gasteiger partial charge in [-0.15, -0.1) is 0 Å². The van der Waals surface area contributed by atoms with Gasteiger partial charge in [0.25, 0.3) is 0 Å². The largest absolute Gasteiger partial charge is 0.334 e. The summed E-state index contributed by atoms with van der Waals surface area (Å²) in [4.78, 5) is 15.3. The van der Waals surface area contributed by atoms with E-state index in [0.717, 1.165) is 0 Å². The molecule has 1 amide bonds. The Morgan fingerprint density at radius 1 is 0.974 bits per heavy atom. The molecule has 1 aliphatic heterocycles. The van der Waals surface area contributed by atoms with Gasteiger partial charge in [0, 0.05) is 37.2 Å². The van der Waals surface area contributed by atoms with Gasteiger partial charge >= 0.3 is 0 Å². The Hall–Kier alpha value is -2.05. The number of amides is 1. The van der Waals surface area contributed by atoms with Crippen LogP contribution in [0.3, 0.4) is 0 Å². The van der Waals surface area contributed by atoms with E-state index in [1.807, 2.05) is 6.92 Å². The molecule has 210 valence electrons. The van der Waals surface area contributed by atoms with E-state index in [1.54, 1.807) is 24.0 Å². The number of halogens is 2. The number of hydrogen-bond donors (Lipinski definition) is 0. The minimum absolute atomic E-state index is 0.0425. The maximum Gasteiger partial charge on any atom is 0.243 e. The van der Waals surface area contributed by atoms with E-state index in [9.17, 15) is 26.0 Å². The zero-order valence-corrected chi connectivity index (χ0v) is 24.1. The molecule has 3 rings (SSSR count). The van der Waals surface area contributed by atoms with Crippen LogP contribution in [0.5, 0.6) is 0 Å². The molecule has 1 saturated heterocycles. The maximum absolute atomic E-state index is 13.6. The highest BCUT2D eigenvalue weighted by Gasteiger charge is 2.35. The molecule has 0 spiro atoms. The van der Waals surface area contributed by atoms with Crippen molar-refractivity contribution < 1.29 is 26.0 Å². The van der Waals surface area contributed by atoms with Gasteiger partial charge in [-0.05, 0) is 67.6 Å². The fourth-order valence-corrected chi connectivity index (χ4v) is 7.69. The number of carbonyl (C=O) groups excluding carboxylic acids is 1. The number of benzene rings is 2. The number of sulfonamides is 2. The van der Waals surface area contributed by atoms with Gasteiger partial charge < -0.3 is 4.90 Å². The van der Waals surface area contributed by atoms with E-state index in [-0.39, 0.29) is 55.3 Å². The summed E-state index contributed by atoms with van der Waals surface area (Å²) in [5.41, 5.74) is 0.703. The molecule has 12 heteroatoms. The van der Waals surface area contributed by atoms with E-state index < -0.39 is 25.9 Å². The molecule has 0 aromatic heterocycles. The predicted molar refractivity (Wildman–Crippen MR) is 146 cm³/mol. The van der Waals surface area contributed by atoms with E-state index in [2.05, 4.69) is 0 Å². The summed E-state index contributed by atoms with van der Waals surface area (Å²) in [7, 11) is -7.32. The molecule has 0 saturated carbocycles. The number of carbonyl (C=O) groups is 1. The van der Waals surface area contributed by atoms with Crippen LogP contribution in [-0.2, 0) is 31.4 Å². The monoisotopic (exact) mass is 587 g/mol. The van der Waals surface area contributed by atoms with Gasteiger partial charge in [0.1, 0.15) is 5.82 Å². The van der Waals surface area contributed by atoms with Gasteiger partial charge in [-0.25, -0.2) is 21.2 Å². The highest BCUT2D eigenvalue weighted by Crippen LogP contribution is 2.26. The van der Waals surface area contributed by atoms with Crippen molar-refractivity contribution in [2.24, 2.45) is 0 Å². The van der Waals surface area contributed by atoms with Crippen molar-refractivity contribution in [3.8, 4) is 0 Å². The smallest absolute Gasteiger partial charge is 0.243 e. The van der Waals surface area contributed by atoms with Crippen LogP contribution in [0.2, 0.25) is 5.02 Å². The van der Waals surface area contributed by atoms with Crippen LogP contribution < -0.4 is 0 Å². The number of nitrogens with zero attached hydrogens (tertiary/aromatic N) is 3. The van der Waals surface area contributed by atoms with E-state index in [0.29, 0.717) is 36.3 Å². The first-order chi connectivity index (χ1) is 18.0. The van der Waals surface area contributed by atoms with Gasteiger partial charge in [-0.3, -0.25) is 4.79 Å². The van der Waals surface area contributed by atoms with Crippen LogP contribution in [0.25, 0.3) is 0 Å². The summed E-state index contributed by atoms with van der Waals surface area (Å²) >= 11 is 5.90. The SMILES string of the molecule is CCCN(CC(=O)N(Cc1ccc(F)cc1)C1CCN(S(=O)(=O)c2ccc(Cl)cc2)CC1)S(=O)(=O)CCC. The first-order valence-electron chi connectivity index (χ1n) is 12.8. The van der Waals surface area contributed by atoms with Crippen molar-refractivity contribution in [2.45, 2.75) is 57.0 Å². The topological polar surface area (TPSA) is 95.1 Å². The molecule has 1 fully saturated rings. The van der Waals surface area contributed by atoms with Crippen LogP contribution in [0.1, 0.15) is 45.1 Å². The van der Waals surface area contributed by atoms with Crippen molar-refractivity contribution in [1.82, 2.24) is 13.5 Å². The molecule has 0 bridgehead atoms. The zero-order valence-electron chi connectivity index (χ0n) is 21.7. The van der Waals surface area contributed by atoms with E-state index in [1.165, 1.54) is 45.0 Å². The fraction of sp³-hybridized carbons (Fsp3) is 0.500. The van der Waals surface area contributed by atoms with Crippen molar-refractivity contribution in [2.75, 3.05) is 31.9 Å². The molecule has 0 atom stereocenters. The van der Waals surface area contributed by atoms with Crippen LogP contribution in [0, 0.1) is 5.82 Å². The molecule has 1 heterocycles. The van der Waals surface area contributed by atoms with Gasteiger partial charge in [0.15, 0.2) is 0 Å². The molecule has 38 heavy (non-hydrogen) atoms. The lowest BCUT2D eigenvalue weighted by Crippen LogP contribution is -2.51. The molecule has 0 radical (unpaired) electrons. The Balaban J connectivity index is 1.80. The number of piperidine rings is 1. The normalized spacial score (nSPS) is 15.6. The number of rotatable bonds is 12. The summed E-state index contributed by atoms with van der Waals surface area (Å²) in [6.45, 7) is 4.14. The molecule has 2 aromatic carbocycles. The lowest BCUT2D eigenvalue weighted by Gasteiger charge is -2.39. The summed E-state index contributed by atoms with van der Waals surface area (Å²) in [5.74, 6) is -0.798. The van der Waals surface area contributed by atoms with Crippen molar-refractivity contribution in [1.29, 1.82) is 0 Å². The average molecular weight is 588 g/mol. The standard InChI is InChI=1S/C26H35ClFN3O5S2/c1-3-15-30(37(33,34)18-4-2)20-26(32)31(19-21-5-9-23(28)10-6-21)24-13-16-29(17-14-24)38(35,36)25-11-7-22(27)8-12-25/h5-12,24H,3-4,13-20H2,1-2H3. The predicted octanol–water partition coefficient (Wildman–Crippen LogP) is 4.11. The first kappa shape index (κ1) is 30.5. The Kier molecular flexibility index (Phi) is 10.7. The average Bonchev–Trinajstić information content (AvgIpc) is 2.88. The van der Waals surface area contributed by atoms with Gasteiger partial charge in [-0.1, -0.05) is 37.6 Å². The molecule has 0 aliphatic carbocycles. The Morgan fingerprint density at radius 3 is 2.13 bits per heavy atom. The third-order valence-corrected chi connectivity index (χ3v) is 10.7. The van der Waals surface area contributed by atoms with Gasteiger partial charge in [-0.2, -0.15) is 8.61 Å². The first-order valence-corrected chi connectivity index (χ1v) is 16.2. The molecule has 8 nitrogen and oxygen atoms in total. The van der Waals surface area contributed by atoms with E-state index in [4.69, 9.17) is 11.6 Å². The van der Waals surface area contributed by atoms with Crippen molar-refractivity contribution in [3.05, 3.63) is 64.9 Å². The molecule has 2 aromatic rings. The lowest BCUT2D eigenvalue weighted by molar-refractivity contribution is -0.135. The second-order valence-electron chi connectivity index (χ2n) is 9.39. The van der Waals surface area contributed by atoms with Crippen molar-refractivity contribution >= 4 is 37.6 Å². The van der Waals surface area contributed by atoms with Crippen LogP contribution >= 0.6 is 11.6 Å². The van der Waals surface area contributed by atoms with Gasteiger partial charge in [0.05, 0.1) is 17.2 Å². The second-order valence-corrected chi connectivity index (χ2v) is 13.8. The van der Waals surface area contributed by atoms with Gasteiger partial charge in [0.2, 0.25) is 26.0 Å². The highest BCUT2D eigenvalue weighted by atomic mass is 35.5. The summed E-state index contributed by atoms with van der Waals surface area (Å²) in [6.07, 6.45) is 1.77. The Labute approximate surface area is 230 Å². The van der Waals surface area contributed by atoms with Crippen LogP contribution in [-0.4, -0.2) is 74.2 Å². The van der Waals surface area contributed by atoms with Crippen LogP contribution in [0.15, 0.2) is 53.4 Å². The van der Waals surface area contributed by atoms with E-state index >= 15 is 0 Å². The molecular weight excluding hydrogens is 553 g/mol. The molecular formula is C26H35ClFN3O5S2. The third-order valence-electron chi connectivity index (χ3n) is 6.54. The molecule has 0 unspecified atom stereocenters. The lowest BCUT2D eigenvalue weighted by atomic mass is 10.0. The highest BCUT2D eigenvalue weighted by molar-refractivity contribution is 7.89. The minimum Gasteiger partial charge on any atom is -0.334 e. The maximum atomic E-state index is 13.6. The molecule has 0 N–H and O–H groups in total. The minimum atomic E-state index is -3.72. The van der Waals surface area contributed by atoms with Crippen LogP contribution in [0.4, 0.5) is 4.39 Å². The fourth-order valence-electron chi connectivity index (χ4n) is 4.55. The summed E-state index contributed by atoms with van der Waals surface area (Å²) in [5, 5.41) is 0.440. The summed E-state index contributed by atoms with van der Waals surface area (Å²) in [6, 6.07) is 11.5. The zero-order chi connectivity index (χ0) is 27.9. The second kappa shape index (κ2) is 13.3. The third kappa shape index (κ3) is 7.75. The quantitative estimate of drug-likeness (QED) is 0.372. The van der Waals surface area contributed by atoms with Crippen molar-refractivity contribution in [3.63, 3.8) is 0 Å².